The number of aryl methyl sites for hydroxylation is 2. The second-order valence-electron chi connectivity index (χ2n) is 6.96. The molecule has 2 aromatic heterocycles. The van der Waals surface area contributed by atoms with Gasteiger partial charge in [-0.15, -0.1) is 0 Å². The summed E-state index contributed by atoms with van der Waals surface area (Å²) in [5, 5.41) is 12.0. The number of carbonyl (C=O) groups excluding carboxylic acids is 1. The fourth-order valence-corrected chi connectivity index (χ4v) is 3.18. The second kappa shape index (κ2) is 8.56. The lowest BCUT2D eigenvalue weighted by atomic mass is 10.1. The molecule has 4 rings (SSSR count). The Hall–Kier alpha value is -3.67. The highest BCUT2D eigenvalue weighted by atomic mass is 16.1. The average molecular weight is 385 g/mol. The molecule has 146 valence electrons. The van der Waals surface area contributed by atoms with Crippen LogP contribution < -0.4 is 5.32 Å². The third-order valence-electron chi connectivity index (χ3n) is 4.66. The number of hydrogen-bond donors (Lipinski definition) is 1. The van der Waals surface area contributed by atoms with E-state index in [1.165, 1.54) is 0 Å². The Labute approximate surface area is 169 Å². The maximum Gasteiger partial charge on any atom is 0.222 e. The minimum atomic E-state index is -0.00961. The lowest BCUT2D eigenvalue weighted by Gasteiger charge is -2.06. The first-order chi connectivity index (χ1) is 14.2. The summed E-state index contributed by atoms with van der Waals surface area (Å²) < 4.78 is 3.65. The molecular formula is C23H23N5O. The van der Waals surface area contributed by atoms with Crippen LogP contribution in [0.15, 0.2) is 79.3 Å². The van der Waals surface area contributed by atoms with Crippen molar-refractivity contribution < 1.29 is 4.79 Å². The molecule has 6 nitrogen and oxygen atoms in total. The van der Waals surface area contributed by atoms with Crippen molar-refractivity contribution >= 4 is 5.91 Å². The standard InChI is InChI=1S/C23H23N5O/c1-18-14-25-27(16-18)13-12-22(29)24-15-20-17-28(21-10-6-3-7-11-21)26-23(20)19-8-4-2-5-9-19/h2-11,14,16-17H,12-13,15H2,1H3,(H,24,29). The summed E-state index contributed by atoms with van der Waals surface area (Å²) in [5.41, 5.74) is 4.95. The van der Waals surface area contributed by atoms with Gasteiger partial charge in [-0.1, -0.05) is 48.5 Å². The smallest absolute Gasteiger partial charge is 0.222 e. The van der Waals surface area contributed by atoms with Gasteiger partial charge < -0.3 is 5.32 Å². The first-order valence-electron chi connectivity index (χ1n) is 9.64. The van der Waals surface area contributed by atoms with Crippen LogP contribution in [0, 0.1) is 6.92 Å². The Morgan fingerprint density at radius 1 is 1.00 bits per heavy atom. The largest absolute Gasteiger partial charge is 0.352 e. The number of para-hydroxylation sites is 1. The highest BCUT2D eigenvalue weighted by molar-refractivity contribution is 5.76. The molecule has 0 fully saturated rings. The van der Waals surface area contributed by atoms with Gasteiger partial charge in [0, 0.05) is 43.0 Å². The number of benzene rings is 2. The monoisotopic (exact) mass is 385 g/mol. The van der Waals surface area contributed by atoms with Crippen LogP contribution in [0.5, 0.6) is 0 Å². The van der Waals surface area contributed by atoms with Crippen molar-refractivity contribution in [1.29, 1.82) is 0 Å². The summed E-state index contributed by atoms with van der Waals surface area (Å²) in [4.78, 5) is 12.3. The molecule has 0 radical (unpaired) electrons. The molecule has 0 aliphatic rings. The molecule has 0 spiro atoms. The maximum absolute atomic E-state index is 12.3. The summed E-state index contributed by atoms with van der Waals surface area (Å²) in [6, 6.07) is 20.0. The fourth-order valence-electron chi connectivity index (χ4n) is 3.18. The summed E-state index contributed by atoms with van der Waals surface area (Å²) in [6.45, 7) is 2.97. The van der Waals surface area contributed by atoms with Gasteiger partial charge in [0.25, 0.3) is 0 Å². The topological polar surface area (TPSA) is 64.7 Å². The molecule has 0 aliphatic heterocycles. The zero-order valence-electron chi connectivity index (χ0n) is 16.3. The lowest BCUT2D eigenvalue weighted by Crippen LogP contribution is -2.24. The lowest BCUT2D eigenvalue weighted by molar-refractivity contribution is -0.121. The van der Waals surface area contributed by atoms with Gasteiger partial charge in [-0.2, -0.15) is 10.2 Å². The Morgan fingerprint density at radius 2 is 1.72 bits per heavy atom. The number of hydrogen-bond acceptors (Lipinski definition) is 3. The number of amides is 1. The van der Waals surface area contributed by atoms with E-state index in [4.69, 9.17) is 5.10 Å². The zero-order valence-corrected chi connectivity index (χ0v) is 16.3. The van der Waals surface area contributed by atoms with Crippen LogP contribution >= 0.6 is 0 Å². The van der Waals surface area contributed by atoms with Crippen molar-refractivity contribution in [1.82, 2.24) is 24.9 Å². The van der Waals surface area contributed by atoms with Gasteiger partial charge in [0.05, 0.1) is 17.6 Å². The van der Waals surface area contributed by atoms with Gasteiger partial charge in [0.15, 0.2) is 0 Å². The van der Waals surface area contributed by atoms with E-state index >= 15 is 0 Å². The van der Waals surface area contributed by atoms with Crippen molar-refractivity contribution in [3.05, 3.63) is 90.4 Å². The summed E-state index contributed by atoms with van der Waals surface area (Å²) in [6.07, 6.45) is 6.09. The van der Waals surface area contributed by atoms with Crippen LogP contribution in [0.1, 0.15) is 17.5 Å². The van der Waals surface area contributed by atoms with Crippen molar-refractivity contribution in [2.45, 2.75) is 26.4 Å². The molecule has 1 amide bonds. The summed E-state index contributed by atoms with van der Waals surface area (Å²) in [7, 11) is 0. The molecular weight excluding hydrogens is 362 g/mol. The van der Waals surface area contributed by atoms with Gasteiger partial charge in [-0.05, 0) is 24.6 Å². The molecule has 0 unspecified atom stereocenters. The van der Waals surface area contributed by atoms with Crippen LogP contribution in [0.4, 0.5) is 0 Å². The minimum absolute atomic E-state index is 0.00961. The highest BCUT2D eigenvalue weighted by Crippen LogP contribution is 2.23. The molecule has 2 heterocycles. The predicted octanol–water partition coefficient (Wildman–Crippen LogP) is 3.75. The number of aromatic nitrogens is 4. The van der Waals surface area contributed by atoms with E-state index in [-0.39, 0.29) is 5.91 Å². The Kier molecular flexibility index (Phi) is 5.52. The van der Waals surface area contributed by atoms with E-state index in [9.17, 15) is 4.79 Å². The molecule has 29 heavy (non-hydrogen) atoms. The van der Waals surface area contributed by atoms with E-state index in [1.54, 1.807) is 10.9 Å². The molecule has 0 aliphatic carbocycles. The Bertz CT molecular complexity index is 1080. The Balaban J connectivity index is 1.49. The first kappa shape index (κ1) is 18.7. The minimum Gasteiger partial charge on any atom is -0.352 e. The van der Waals surface area contributed by atoms with Crippen molar-refractivity contribution in [3.8, 4) is 16.9 Å². The molecule has 1 N–H and O–H groups in total. The first-order valence-corrected chi connectivity index (χ1v) is 9.64. The van der Waals surface area contributed by atoms with Gasteiger partial charge in [0.2, 0.25) is 5.91 Å². The van der Waals surface area contributed by atoms with Gasteiger partial charge in [-0.25, -0.2) is 4.68 Å². The quantitative estimate of drug-likeness (QED) is 0.527. The number of nitrogens with zero attached hydrogens (tertiary/aromatic N) is 4. The molecule has 2 aromatic carbocycles. The maximum atomic E-state index is 12.3. The predicted molar refractivity (Wildman–Crippen MR) is 112 cm³/mol. The molecule has 4 aromatic rings. The van der Waals surface area contributed by atoms with Crippen LogP contribution in [0.3, 0.4) is 0 Å². The third kappa shape index (κ3) is 4.60. The van der Waals surface area contributed by atoms with Gasteiger partial charge in [0.1, 0.15) is 0 Å². The number of rotatable bonds is 7. The van der Waals surface area contributed by atoms with E-state index in [0.717, 1.165) is 28.1 Å². The highest BCUT2D eigenvalue weighted by Gasteiger charge is 2.13. The van der Waals surface area contributed by atoms with Crippen LogP contribution in [-0.2, 0) is 17.9 Å². The zero-order chi connectivity index (χ0) is 20.1. The van der Waals surface area contributed by atoms with Crippen LogP contribution in [0.25, 0.3) is 16.9 Å². The van der Waals surface area contributed by atoms with Crippen molar-refractivity contribution in [2.24, 2.45) is 0 Å². The van der Waals surface area contributed by atoms with Crippen LogP contribution in [0.2, 0.25) is 0 Å². The van der Waals surface area contributed by atoms with Crippen molar-refractivity contribution in [2.75, 3.05) is 0 Å². The molecule has 6 heteroatoms. The number of carbonyl (C=O) groups is 1. The normalized spacial score (nSPS) is 10.8. The molecule has 0 atom stereocenters. The Morgan fingerprint density at radius 3 is 2.41 bits per heavy atom. The molecule has 0 saturated carbocycles. The van der Waals surface area contributed by atoms with Crippen molar-refractivity contribution in [3.63, 3.8) is 0 Å². The van der Waals surface area contributed by atoms with Gasteiger partial charge >= 0.3 is 0 Å². The SMILES string of the molecule is Cc1cnn(CCC(=O)NCc2cn(-c3ccccc3)nc2-c2ccccc2)c1. The number of nitrogens with one attached hydrogen (secondary N) is 1. The second-order valence-corrected chi connectivity index (χ2v) is 6.96. The summed E-state index contributed by atoms with van der Waals surface area (Å²) in [5.74, 6) is -0.00961. The molecule has 0 saturated heterocycles. The van der Waals surface area contributed by atoms with Crippen LogP contribution in [-0.4, -0.2) is 25.5 Å². The fraction of sp³-hybridized carbons (Fsp3) is 0.174. The van der Waals surface area contributed by atoms with E-state index in [2.05, 4.69) is 10.4 Å². The third-order valence-corrected chi connectivity index (χ3v) is 4.66. The van der Waals surface area contributed by atoms with Gasteiger partial charge in [-0.3, -0.25) is 9.48 Å². The van der Waals surface area contributed by atoms with E-state index in [0.29, 0.717) is 19.5 Å². The van der Waals surface area contributed by atoms with E-state index < -0.39 is 0 Å². The van der Waals surface area contributed by atoms with E-state index in [1.807, 2.05) is 84.7 Å². The summed E-state index contributed by atoms with van der Waals surface area (Å²) >= 11 is 0. The molecule has 0 bridgehead atoms. The average Bonchev–Trinajstić information content (AvgIpc) is 3.38.